The first-order valence-electron chi connectivity index (χ1n) is 5.56. The number of hydrogen-bond acceptors (Lipinski definition) is 1. The van der Waals surface area contributed by atoms with E-state index < -0.39 is 0 Å². The molecule has 0 amide bonds. The number of halogens is 1. The van der Waals surface area contributed by atoms with Gasteiger partial charge in [0.25, 0.3) is 0 Å². The molecule has 78 valence electrons. The minimum atomic E-state index is 0.371. The van der Waals surface area contributed by atoms with Crippen molar-refractivity contribution in [2.24, 2.45) is 5.92 Å². The van der Waals surface area contributed by atoms with Crippen LogP contribution in [0.25, 0.3) is 0 Å². The Kier molecular flexibility index (Phi) is 5.81. The van der Waals surface area contributed by atoms with Crippen molar-refractivity contribution in [1.29, 1.82) is 0 Å². The third-order valence-corrected chi connectivity index (χ3v) is 3.38. The van der Waals surface area contributed by atoms with Crippen LogP contribution in [0, 0.1) is 5.92 Å². The lowest BCUT2D eigenvalue weighted by molar-refractivity contribution is 0.0535. The summed E-state index contributed by atoms with van der Waals surface area (Å²) in [6.45, 7) is 3.99. The summed E-state index contributed by atoms with van der Waals surface area (Å²) in [5.74, 6) is 0.618. The molecule has 0 aromatic rings. The van der Waals surface area contributed by atoms with E-state index in [1.165, 1.54) is 32.1 Å². The Balaban J connectivity index is 2.05. The standard InChI is InChI=1S/C11H21ClO/c1-2-3-4-5-6-10-9-13-8-7-11(10)12/h10-11H,2-9H2,1H3/t10-,11-/m1/s1. The molecule has 1 aliphatic heterocycles. The largest absolute Gasteiger partial charge is 0.381 e. The van der Waals surface area contributed by atoms with Crippen LogP contribution in [0.3, 0.4) is 0 Å². The first kappa shape index (κ1) is 11.3. The summed E-state index contributed by atoms with van der Waals surface area (Å²) in [5, 5.41) is 0.371. The fourth-order valence-corrected chi connectivity index (χ4v) is 2.16. The second-order valence-corrected chi connectivity index (χ2v) is 4.55. The molecule has 1 rings (SSSR count). The highest BCUT2D eigenvalue weighted by Crippen LogP contribution is 2.25. The predicted octanol–water partition coefficient (Wildman–Crippen LogP) is 3.60. The van der Waals surface area contributed by atoms with E-state index in [0.29, 0.717) is 11.3 Å². The Morgan fingerprint density at radius 2 is 2.15 bits per heavy atom. The van der Waals surface area contributed by atoms with Gasteiger partial charge in [0, 0.05) is 12.0 Å². The zero-order chi connectivity index (χ0) is 9.52. The van der Waals surface area contributed by atoms with E-state index >= 15 is 0 Å². The maximum atomic E-state index is 6.22. The first-order chi connectivity index (χ1) is 6.34. The Morgan fingerprint density at radius 3 is 2.85 bits per heavy atom. The van der Waals surface area contributed by atoms with E-state index in [1.54, 1.807) is 0 Å². The minimum Gasteiger partial charge on any atom is -0.381 e. The molecule has 1 nitrogen and oxygen atoms in total. The molecular weight excluding hydrogens is 184 g/mol. The summed E-state index contributed by atoms with van der Waals surface area (Å²) in [7, 11) is 0. The highest BCUT2D eigenvalue weighted by Gasteiger charge is 2.22. The molecule has 0 N–H and O–H groups in total. The van der Waals surface area contributed by atoms with Gasteiger partial charge in [-0.3, -0.25) is 0 Å². The van der Waals surface area contributed by atoms with Crippen LogP contribution in [0.4, 0.5) is 0 Å². The molecule has 0 spiro atoms. The van der Waals surface area contributed by atoms with Gasteiger partial charge in [0.2, 0.25) is 0 Å². The van der Waals surface area contributed by atoms with Crippen molar-refractivity contribution in [2.75, 3.05) is 13.2 Å². The number of unbranched alkanes of at least 4 members (excludes halogenated alkanes) is 3. The number of ether oxygens (including phenoxy) is 1. The molecule has 0 bridgehead atoms. The average molecular weight is 205 g/mol. The SMILES string of the molecule is CCCCCC[C@@H]1COCC[C@H]1Cl. The molecule has 0 aromatic carbocycles. The summed E-state index contributed by atoms with van der Waals surface area (Å²) in [6, 6.07) is 0. The normalized spacial score (nSPS) is 29.1. The molecule has 0 unspecified atom stereocenters. The van der Waals surface area contributed by atoms with Crippen molar-refractivity contribution in [2.45, 2.75) is 50.8 Å². The Bertz CT molecular complexity index is 127. The Morgan fingerprint density at radius 1 is 1.31 bits per heavy atom. The quantitative estimate of drug-likeness (QED) is 0.491. The van der Waals surface area contributed by atoms with E-state index in [0.717, 1.165) is 19.6 Å². The van der Waals surface area contributed by atoms with Crippen molar-refractivity contribution in [3.8, 4) is 0 Å². The van der Waals surface area contributed by atoms with Gasteiger partial charge in [0.05, 0.1) is 6.61 Å². The monoisotopic (exact) mass is 204 g/mol. The molecule has 0 saturated carbocycles. The van der Waals surface area contributed by atoms with Crippen LogP contribution in [0.2, 0.25) is 0 Å². The molecule has 1 fully saturated rings. The highest BCUT2D eigenvalue weighted by molar-refractivity contribution is 6.20. The van der Waals surface area contributed by atoms with Gasteiger partial charge in [0.1, 0.15) is 0 Å². The van der Waals surface area contributed by atoms with Crippen molar-refractivity contribution < 1.29 is 4.74 Å². The van der Waals surface area contributed by atoms with Gasteiger partial charge in [0.15, 0.2) is 0 Å². The van der Waals surface area contributed by atoms with Gasteiger partial charge < -0.3 is 4.74 Å². The lowest BCUT2D eigenvalue weighted by Crippen LogP contribution is -2.27. The second-order valence-electron chi connectivity index (χ2n) is 3.99. The summed E-state index contributed by atoms with van der Waals surface area (Å²) < 4.78 is 5.43. The van der Waals surface area contributed by atoms with Gasteiger partial charge in [-0.1, -0.05) is 32.6 Å². The molecule has 0 aromatic heterocycles. The Hall–Kier alpha value is 0.250. The molecule has 2 heteroatoms. The summed E-state index contributed by atoms with van der Waals surface area (Å²) >= 11 is 6.22. The molecule has 1 aliphatic rings. The molecular formula is C11H21ClO. The molecule has 0 aliphatic carbocycles. The van der Waals surface area contributed by atoms with Crippen LogP contribution >= 0.6 is 11.6 Å². The van der Waals surface area contributed by atoms with Crippen molar-refractivity contribution in [3.05, 3.63) is 0 Å². The number of alkyl halides is 1. The van der Waals surface area contributed by atoms with Crippen molar-refractivity contribution in [3.63, 3.8) is 0 Å². The smallest absolute Gasteiger partial charge is 0.0508 e. The summed E-state index contributed by atoms with van der Waals surface area (Å²) in [6.07, 6.45) is 7.65. The fourth-order valence-electron chi connectivity index (χ4n) is 1.87. The maximum absolute atomic E-state index is 6.22. The van der Waals surface area contributed by atoms with E-state index in [4.69, 9.17) is 16.3 Å². The topological polar surface area (TPSA) is 9.23 Å². The third kappa shape index (κ3) is 4.33. The second kappa shape index (κ2) is 6.67. The van der Waals surface area contributed by atoms with Gasteiger partial charge in [-0.2, -0.15) is 0 Å². The minimum absolute atomic E-state index is 0.371. The first-order valence-corrected chi connectivity index (χ1v) is 6.00. The predicted molar refractivity (Wildman–Crippen MR) is 57.3 cm³/mol. The summed E-state index contributed by atoms with van der Waals surface area (Å²) in [4.78, 5) is 0. The van der Waals surface area contributed by atoms with Gasteiger partial charge in [-0.25, -0.2) is 0 Å². The van der Waals surface area contributed by atoms with Gasteiger partial charge in [-0.15, -0.1) is 11.6 Å². The number of rotatable bonds is 5. The lowest BCUT2D eigenvalue weighted by Gasteiger charge is -2.27. The number of hydrogen-bond donors (Lipinski definition) is 0. The van der Waals surface area contributed by atoms with E-state index in [-0.39, 0.29) is 0 Å². The van der Waals surface area contributed by atoms with Gasteiger partial charge >= 0.3 is 0 Å². The molecule has 13 heavy (non-hydrogen) atoms. The van der Waals surface area contributed by atoms with Crippen molar-refractivity contribution in [1.82, 2.24) is 0 Å². The van der Waals surface area contributed by atoms with Crippen LogP contribution in [-0.2, 0) is 4.74 Å². The lowest BCUT2D eigenvalue weighted by atomic mass is 9.95. The van der Waals surface area contributed by atoms with E-state index in [9.17, 15) is 0 Å². The van der Waals surface area contributed by atoms with Crippen LogP contribution in [-0.4, -0.2) is 18.6 Å². The zero-order valence-electron chi connectivity index (χ0n) is 8.60. The molecule has 2 atom stereocenters. The zero-order valence-corrected chi connectivity index (χ0v) is 9.35. The van der Waals surface area contributed by atoms with Crippen LogP contribution < -0.4 is 0 Å². The molecule has 1 saturated heterocycles. The van der Waals surface area contributed by atoms with Crippen molar-refractivity contribution >= 4 is 11.6 Å². The van der Waals surface area contributed by atoms with Crippen LogP contribution in [0.5, 0.6) is 0 Å². The van der Waals surface area contributed by atoms with Crippen LogP contribution in [0.15, 0.2) is 0 Å². The average Bonchev–Trinajstić information content (AvgIpc) is 2.15. The third-order valence-electron chi connectivity index (χ3n) is 2.81. The highest BCUT2D eigenvalue weighted by atomic mass is 35.5. The van der Waals surface area contributed by atoms with E-state index in [1.807, 2.05) is 0 Å². The summed E-state index contributed by atoms with van der Waals surface area (Å²) in [5.41, 5.74) is 0. The molecule has 0 radical (unpaired) electrons. The Labute approximate surface area is 86.8 Å². The van der Waals surface area contributed by atoms with Crippen LogP contribution in [0.1, 0.15) is 45.4 Å². The van der Waals surface area contributed by atoms with Gasteiger partial charge in [-0.05, 0) is 18.8 Å². The maximum Gasteiger partial charge on any atom is 0.0508 e. The van der Waals surface area contributed by atoms with E-state index in [2.05, 4.69) is 6.92 Å². The fraction of sp³-hybridized carbons (Fsp3) is 1.00. The molecule has 1 heterocycles.